The third-order valence-electron chi connectivity index (χ3n) is 5.76. The van der Waals surface area contributed by atoms with E-state index in [2.05, 4.69) is 36.2 Å². The Kier molecular flexibility index (Phi) is 6.08. The van der Waals surface area contributed by atoms with Crippen LogP contribution in [0, 0.1) is 13.8 Å². The molecule has 0 unspecified atom stereocenters. The van der Waals surface area contributed by atoms with Crippen LogP contribution in [-0.2, 0) is 6.42 Å². The summed E-state index contributed by atoms with van der Waals surface area (Å²) >= 11 is 1.74. The van der Waals surface area contributed by atoms with Crippen LogP contribution in [0.1, 0.15) is 16.7 Å². The molecule has 6 nitrogen and oxygen atoms in total. The van der Waals surface area contributed by atoms with Crippen molar-refractivity contribution in [1.82, 2.24) is 15.2 Å². The molecule has 2 amide bonds. The highest BCUT2D eigenvalue weighted by Crippen LogP contribution is 2.32. The van der Waals surface area contributed by atoms with Gasteiger partial charge in [0.2, 0.25) is 0 Å². The molecule has 0 aliphatic carbocycles. The summed E-state index contributed by atoms with van der Waals surface area (Å²) in [4.78, 5) is 21.6. The van der Waals surface area contributed by atoms with Crippen LogP contribution in [0.25, 0.3) is 10.2 Å². The molecule has 1 aliphatic heterocycles. The van der Waals surface area contributed by atoms with Crippen LogP contribution in [0.15, 0.2) is 36.4 Å². The lowest BCUT2D eigenvalue weighted by Gasteiger charge is -2.34. The quantitative estimate of drug-likeness (QED) is 0.673. The van der Waals surface area contributed by atoms with Crippen molar-refractivity contribution in [2.45, 2.75) is 20.3 Å². The normalized spacial score (nSPS) is 14.2. The maximum absolute atomic E-state index is 12.5. The van der Waals surface area contributed by atoms with Gasteiger partial charge < -0.3 is 19.9 Å². The lowest BCUT2D eigenvalue weighted by atomic mass is 10.1. The fraction of sp³-hybridized carbons (Fsp3) is 0.391. The van der Waals surface area contributed by atoms with Gasteiger partial charge in [-0.1, -0.05) is 29.5 Å². The number of amides is 2. The molecule has 1 fully saturated rings. The average Bonchev–Trinajstić information content (AvgIpc) is 3.22. The minimum absolute atomic E-state index is 0.0129. The monoisotopic (exact) mass is 424 g/mol. The van der Waals surface area contributed by atoms with Gasteiger partial charge in [-0.05, 0) is 55.2 Å². The molecule has 158 valence electrons. The van der Waals surface area contributed by atoms with Crippen molar-refractivity contribution in [2.75, 3.05) is 44.7 Å². The fourth-order valence-electron chi connectivity index (χ4n) is 3.67. The molecule has 1 aromatic heterocycles. The molecule has 1 aliphatic rings. The van der Waals surface area contributed by atoms with Crippen molar-refractivity contribution in [3.05, 3.63) is 53.1 Å². The van der Waals surface area contributed by atoms with Crippen LogP contribution in [-0.4, -0.2) is 55.7 Å². The average molecular weight is 425 g/mol. The standard InChI is InChI=1S/C23H28N4O2S/c1-16-4-9-20-21(17(16)2)25-23(30-20)27-14-12-26(13-15-27)22(28)24-11-10-18-5-7-19(29-3)8-6-18/h4-9H,10-15H2,1-3H3,(H,24,28). The van der Waals surface area contributed by atoms with Crippen molar-refractivity contribution in [3.63, 3.8) is 0 Å². The third-order valence-corrected chi connectivity index (χ3v) is 6.84. The number of aryl methyl sites for hydroxylation is 2. The van der Waals surface area contributed by atoms with Crippen molar-refractivity contribution in [3.8, 4) is 5.75 Å². The highest BCUT2D eigenvalue weighted by Gasteiger charge is 2.23. The molecule has 30 heavy (non-hydrogen) atoms. The van der Waals surface area contributed by atoms with Crippen LogP contribution in [0.4, 0.5) is 9.93 Å². The molecule has 0 atom stereocenters. The fourth-order valence-corrected chi connectivity index (χ4v) is 4.74. The number of piperazine rings is 1. The maximum Gasteiger partial charge on any atom is 0.317 e. The summed E-state index contributed by atoms with van der Waals surface area (Å²) in [6.45, 7) is 7.93. The molecule has 4 rings (SSSR count). The van der Waals surface area contributed by atoms with Gasteiger partial charge in [-0.25, -0.2) is 9.78 Å². The second kappa shape index (κ2) is 8.92. The summed E-state index contributed by atoms with van der Waals surface area (Å²) < 4.78 is 6.40. The summed E-state index contributed by atoms with van der Waals surface area (Å²) in [6.07, 6.45) is 0.806. The Labute approximate surface area is 181 Å². The first kappa shape index (κ1) is 20.5. The molecular formula is C23H28N4O2S. The first-order valence-electron chi connectivity index (χ1n) is 10.3. The first-order chi connectivity index (χ1) is 14.5. The van der Waals surface area contributed by atoms with Crippen molar-refractivity contribution in [1.29, 1.82) is 0 Å². The summed E-state index contributed by atoms with van der Waals surface area (Å²) in [7, 11) is 1.66. The zero-order valence-electron chi connectivity index (χ0n) is 17.8. The molecule has 7 heteroatoms. The molecule has 2 aromatic carbocycles. The summed E-state index contributed by atoms with van der Waals surface area (Å²) in [5.74, 6) is 0.846. The van der Waals surface area contributed by atoms with E-state index in [9.17, 15) is 4.79 Å². The molecule has 0 spiro atoms. The summed E-state index contributed by atoms with van der Waals surface area (Å²) in [5.41, 5.74) is 4.82. The molecule has 1 N–H and O–H groups in total. The Hall–Kier alpha value is -2.80. The van der Waals surface area contributed by atoms with Gasteiger partial charge in [0.1, 0.15) is 5.75 Å². The number of carbonyl (C=O) groups excluding carboxylic acids is 1. The number of nitrogens with one attached hydrogen (secondary N) is 1. The van der Waals surface area contributed by atoms with E-state index in [4.69, 9.17) is 9.72 Å². The second-order valence-corrected chi connectivity index (χ2v) is 8.66. The number of hydrogen-bond donors (Lipinski definition) is 1. The number of anilines is 1. The van der Waals surface area contributed by atoms with Crippen LogP contribution >= 0.6 is 11.3 Å². The van der Waals surface area contributed by atoms with Gasteiger partial charge >= 0.3 is 6.03 Å². The number of aromatic nitrogens is 1. The number of thiazole rings is 1. The topological polar surface area (TPSA) is 57.7 Å². The van der Waals surface area contributed by atoms with Gasteiger partial charge in [0.25, 0.3) is 0 Å². The van der Waals surface area contributed by atoms with Gasteiger partial charge in [-0.3, -0.25) is 0 Å². The number of benzene rings is 2. The predicted octanol–water partition coefficient (Wildman–Crippen LogP) is 4.00. The molecule has 2 heterocycles. The van der Waals surface area contributed by atoms with Crippen molar-refractivity contribution < 1.29 is 9.53 Å². The van der Waals surface area contributed by atoms with E-state index in [0.717, 1.165) is 35.9 Å². The van der Waals surface area contributed by atoms with Crippen molar-refractivity contribution >= 4 is 32.7 Å². The van der Waals surface area contributed by atoms with Crippen LogP contribution in [0.2, 0.25) is 0 Å². The second-order valence-electron chi connectivity index (χ2n) is 7.65. The third kappa shape index (κ3) is 4.36. The largest absolute Gasteiger partial charge is 0.497 e. The van der Waals surface area contributed by atoms with E-state index >= 15 is 0 Å². The van der Waals surface area contributed by atoms with Gasteiger partial charge in [0, 0.05) is 32.7 Å². The number of methoxy groups -OCH3 is 1. The van der Waals surface area contributed by atoms with E-state index < -0.39 is 0 Å². The number of nitrogens with zero attached hydrogens (tertiary/aromatic N) is 3. The first-order valence-corrected chi connectivity index (χ1v) is 11.1. The number of urea groups is 1. The van der Waals surface area contributed by atoms with E-state index in [-0.39, 0.29) is 6.03 Å². The molecule has 0 radical (unpaired) electrons. The van der Waals surface area contributed by atoms with Crippen LogP contribution in [0.3, 0.4) is 0 Å². The molecule has 0 bridgehead atoms. The maximum atomic E-state index is 12.5. The van der Waals surface area contributed by atoms with Gasteiger partial charge in [0.05, 0.1) is 17.3 Å². The van der Waals surface area contributed by atoms with E-state index in [1.54, 1.807) is 18.4 Å². The highest BCUT2D eigenvalue weighted by molar-refractivity contribution is 7.22. The van der Waals surface area contributed by atoms with E-state index in [1.165, 1.54) is 21.4 Å². The Bertz CT molecular complexity index is 1020. The molecule has 0 saturated carbocycles. The SMILES string of the molecule is COc1ccc(CCNC(=O)N2CCN(c3nc4c(C)c(C)ccc4s3)CC2)cc1. The van der Waals surface area contributed by atoms with Crippen molar-refractivity contribution in [2.24, 2.45) is 0 Å². The Morgan fingerprint density at radius 1 is 1.10 bits per heavy atom. The smallest absolute Gasteiger partial charge is 0.317 e. The number of rotatable bonds is 5. The zero-order valence-corrected chi connectivity index (χ0v) is 18.6. The molecular weight excluding hydrogens is 396 g/mol. The van der Waals surface area contributed by atoms with E-state index in [0.29, 0.717) is 19.6 Å². The van der Waals surface area contributed by atoms with Gasteiger partial charge in [-0.2, -0.15) is 0 Å². The number of fused-ring (bicyclic) bond motifs is 1. The lowest BCUT2D eigenvalue weighted by molar-refractivity contribution is 0.194. The minimum atomic E-state index is 0.0129. The van der Waals surface area contributed by atoms with Crippen LogP contribution in [0.5, 0.6) is 5.75 Å². The summed E-state index contributed by atoms with van der Waals surface area (Å²) in [6, 6.07) is 12.3. The predicted molar refractivity (Wildman–Crippen MR) is 123 cm³/mol. The van der Waals surface area contributed by atoms with Gasteiger partial charge in [-0.15, -0.1) is 0 Å². The Morgan fingerprint density at radius 2 is 1.83 bits per heavy atom. The number of carbonyl (C=O) groups is 1. The highest BCUT2D eigenvalue weighted by atomic mass is 32.1. The summed E-state index contributed by atoms with van der Waals surface area (Å²) in [5, 5.41) is 4.10. The minimum Gasteiger partial charge on any atom is -0.497 e. The molecule has 3 aromatic rings. The van der Waals surface area contributed by atoms with E-state index in [1.807, 2.05) is 29.2 Å². The lowest BCUT2D eigenvalue weighted by Crippen LogP contribution is -2.52. The van der Waals surface area contributed by atoms with Gasteiger partial charge in [0.15, 0.2) is 5.13 Å². The van der Waals surface area contributed by atoms with Crippen LogP contribution < -0.4 is 15.0 Å². The number of ether oxygens (including phenoxy) is 1. The zero-order chi connectivity index (χ0) is 21.1. The molecule has 1 saturated heterocycles. The Balaban J connectivity index is 1.27. The number of hydrogen-bond acceptors (Lipinski definition) is 5. The Morgan fingerprint density at radius 3 is 2.53 bits per heavy atom.